The third-order valence-electron chi connectivity index (χ3n) is 4.32. The highest BCUT2D eigenvalue weighted by atomic mass is 35.5. The molecule has 0 aliphatic carbocycles. The van der Waals surface area contributed by atoms with Crippen molar-refractivity contribution in [1.82, 2.24) is 4.98 Å². The van der Waals surface area contributed by atoms with Crippen LogP contribution in [0.4, 0.5) is 13.2 Å². The van der Waals surface area contributed by atoms with Gasteiger partial charge in [0, 0.05) is 29.0 Å². The Hall–Kier alpha value is -3.39. The molecule has 0 bridgehead atoms. The number of aromatic amines is 1. The van der Waals surface area contributed by atoms with Crippen LogP contribution in [0.25, 0.3) is 21.8 Å². The predicted molar refractivity (Wildman–Crippen MR) is 107 cm³/mol. The van der Waals surface area contributed by atoms with Gasteiger partial charge in [-0.25, -0.2) is 0 Å². The molecule has 0 fully saturated rings. The van der Waals surface area contributed by atoms with Gasteiger partial charge in [-0.3, -0.25) is 4.79 Å². The standard InChI is InChI=1S/C21H13ClF3NO4/c1-28-19-10-18-15(9-16(19)22)20(27)14-6-5-12(8-17(14)26-18)29-11-3-2-4-13(7-11)30-21(23,24)25/h2-10H,1H3,(H,26,27). The zero-order chi connectivity index (χ0) is 21.5. The van der Waals surface area contributed by atoms with E-state index in [1.54, 1.807) is 24.3 Å². The number of rotatable bonds is 4. The van der Waals surface area contributed by atoms with Gasteiger partial charge in [-0.15, -0.1) is 13.2 Å². The van der Waals surface area contributed by atoms with E-state index in [-0.39, 0.29) is 11.2 Å². The summed E-state index contributed by atoms with van der Waals surface area (Å²) in [7, 11) is 1.47. The van der Waals surface area contributed by atoms with Crippen LogP contribution in [0.3, 0.4) is 0 Å². The molecule has 0 aliphatic heterocycles. The second kappa shape index (κ2) is 7.46. The molecule has 3 aromatic carbocycles. The van der Waals surface area contributed by atoms with Crippen molar-refractivity contribution < 1.29 is 27.4 Å². The number of H-pyrrole nitrogens is 1. The summed E-state index contributed by atoms with van der Waals surface area (Å²) in [5, 5.41) is 1.12. The smallest absolute Gasteiger partial charge is 0.495 e. The first-order chi connectivity index (χ1) is 14.2. The fraction of sp³-hybridized carbons (Fsp3) is 0.0952. The van der Waals surface area contributed by atoms with Crippen molar-refractivity contribution in [3.63, 3.8) is 0 Å². The molecule has 0 aliphatic rings. The minimum absolute atomic E-state index is 0.146. The third-order valence-corrected chi connectivity index (χ3v) is 4.61. The van der Waals surface area contributed by atoms with Crippen molar-refractivity contribution in [3.8, 4) is 23.0 Å². The van der Waals surface area contributed by atoms with Crippen LogP contribution in [-0.2, 0) is 0 Å². The average molecular weight is 436 g/mol. The molecule has 0 atom stereocenters. The van der Waals surface area contributed by atoms with Crippen molar-refractivity contribution in [2.45, 2.75) is 6.36 Å². The minimum atomic E-state index is -4.80. The summed E-state index contributed by atoms with van der Waals surface area (Å²) in [6, 6.07) is 13.0. The summed E-state index contributed by atoms with van der Waals surface area (Å²) >= 11 is 6.12. The maximum absolute atomic E-state index is 12.8. The van der Waals surface area contributed by atoms with Crippen LogP contribution in [0, 0.1) is 0 Å². The Morgan fingerprint density at radius 3 is 2.33 bits per heavy atom. The van der Waals surface area contributed by atoms with Gasteiger partial charge >= 0.3 is 6.36 Å². The first kappa shape index (κ1) is 19.9. The molecule has 30 heavy (non-hydrogen) atoms. The Morgan fingerprint density at radius 1 is 0.900 bits per heavy atom. The van der Waals surface area contributed by atoms with Gasteiger partial charge in [0.2, 0.25) is 0 Å². The summed E-state index contributed by atoms with van der Waals surface area (Å²) in [6.07, 6.45) is -4.80. The number of nitrogens with one attached hydrogen (secondary N) is 1. The summed E-state index contributed by atoms with van der Waals surface area (Å²) in [5.74, 6) is 0.479. The molecule has 154 valence electrons. The van der Waals surface area contributed by atoms with Gasteiger partial charge in [0.05, 0.1) is 23.2 Å². The molecule has 1 heterocycles. The van der Waals surface area contributed by atoms with Crippen LogP contribution in [-0.4, -0.2) is 18.5 Å². The number of pyridine rings is 1. The summed E-state index contributed by atoms with van der Waals surface area (Å²) < 4.78 is 51.9. The molecule has 5 nitrogen and oxygen atoms in total. The Kier molecular flexibility index (Phi) is 4.95. The maximum atomic E-state index is 12.8. The van der Waals surface area contributed by atoms with Gasteiger partial charge in [-0.2, -0.15) is 0 Å². The number of benzene rings is 3. The van der Waals surface area contributed by atoms with E-state index in [1.807, 2.05) is 0 Å². The molecule has 0 unspecified atom stereocenters. The Morgan fingerprint density at radius 2 is 1.60 bits per heavy atom. The topological polar surface area (TPSA) is 60.6 Å². The molecule has 0 saturated carbocycles. The minimum Gasteiger partial charge on any atom is -0.495 e. The highest BCUT2D eigenvalue weighted by Gasteiger charge is 2.31. The van der Waals surface area contributed by atoms with Crippen molar-refractivity contribution in [2.24, 2.45) is 0 Å². The van der Waals surface area contributed by atoms with E-state index in [1.165, 1.54) is 31.4 Å². The lowest BCUT2D eigenvalue weighted by atomic mass is 10.1. The van der Waals surface area contributed by atoms with Crippen LogP contribution in [0.2, 0.25) is 5.02 Å². The first-order valence-corrected chi connectivity index (χ1v) is 8.98. The zero-order valence-corrected chi connectivity index (χ0v) is 16.1. The van der Waals surface area contributed by atoms with Gasteiger partial charge in [-0.1, -0.05) is 17.7 Å². The Bertz CT molecular complexity index is 1320. The van der Waals surface area contributed by atoms with E-state index < -0.39 is 12.1 Å². The van der Waals surface area contributed by atoms with E-state index in [9.17, 15) is 18.0 Å². The molecule has 0 radical (unpaired) electrons. The number of halogens is 4. The Balaban J connectivity index is 1.73. The van der Waals surface area contributed by atoms with Crippen molar-refractivity contribution in [3.05, 3.63) is 69.8 Å². The fourth-order valence-electron chi connectivity index (χ4n) is 3.05. The Labute approximate surface area is 172 Å². The molecule has 4 rings (SSSR count). The van der Waals surface area contributed by atoms with Crippen LogP contribution < -0.4 is 19.6 Å². The largest absolute Gasteiger partial charge is 0.573 e. The lowest BCUT2D eigenvalue weighted by Gasteiger charge is -2.11. The monoisotopic (exact) mass is 435 g/mol. The molecule has 4 aromatic rings. The molecular formula is C21H13ClF3NO4. The SMILES string of the molecule is COc1cc2[nH]c3cc(Oc4cccc(OC(F)(F)F)c4)ccc3c(=O)c2cc1Cl. The van der Waals surface area contributed by atoms with E-state index >= 15 is 0 Å². The molecule has 0 saturated heterocycles. The summed E-state index contributed by atoms with van der Waals surface area (Å²) in [6.45, 7) is 0. The number of aromatic nitrogens is 1. The second-order valence-corrected chi connectivity index (χ2v) is 6.73. The first-order valence-electron chi connectivity index (χ1n) is 8.60. The van der Waals surface area contributed by atoms with Crippen LogP contribution in [0.5, 0.6) is 23.0 Å². The number of ether oxygens (including phenoxy) is 3. The van der Waals surface area contributed by atoms with Crippen LogP contribution >= 0.6 is 11.6 Å². The van der Waals surface area contributed by atoms with Crippen molar-refractivity contribution in [2.75, 3.05) is 7.11 Å². The van der Waals surface area contributed by atoms with E-state index in [0.717, 1.165) is 6.07 Å². The van der Waals surface area contributed by atoms with E-state index in [0.29, 0.717) is 38.3 Å². The second-order valence-electron chi connectivity index (χ2n) is 6.32. The van der Waals surface area contributed by atoms with Gasteiger partial charge in [0.25, 0.3) is 0 Å². The van der Waals surface area contributed by atoms with Gasteiger partial charge in [-0.05, 0) is 30.3 Å². The van der Waals surface area contributed by atoms with Crippen molar-refractivity contribution >= 4 is 33.4 Å². The van der Waals surface area contributed by atoms with Gasteiger partial charge < -0.3 is 19.2 Å². The zero-order valence-electron chi connectivity index (χ0n) is 15.3. The van der Waals surface area contributed by atoms with Crippen LogP contribution in [0.1, 0.15) is 0 Å². The van der Waals surface area contributed by atoms with Gasteiger partial charge in [0.1, 0.15) is 23.0 Å². The van der Waals surface area contributed by atoms with Crippen LogP contribution in [0.15, 0.2) is 59.4 Å². The third kappa shape index (κ3) is 3.99. The summed E-state index contributed by atoms with van der Waals surface area (Å²) in [4.78, 5) is 15.9. The molecule has 1 aromatic heterocycles. The number of alkyl halides is 3. The molecule has 0 spiro atoms. The fourth-order valence-corrected chi connectivity index (χ4v) is 3.29. The lowest BCUT2D eigenvalue weighted by Crippen LogP contribution is -2.17. The molecular weight excluding hydrogens is 423 g/mol. The quantitative estimate of drug-likeness (QED) is 0.397. The van der Waals surface area contributed by atoms with Gasteiger partial charge in [0.15, 0.2) is 5.43 Å². The molecule has 1 N–H and O–H groups in total. The van der Waals surface area contributed by atoms with E-state index in [2.05, 4.69) is 9.72 Å². The molecule has 0 amide bonds. The number of fused-ring (bicyclic) bond motifs is 2. The number of hydrogen-bond acceptors (Lipinski definition) is 4. The molecule has 9 heteroatoms. The van der Waals surface area contributed by atoms with Crippen molar-refractivity contribution in [1.29, 1.82) is 0 Å². The number of hydrogen-bond donors (Lipinski definition) is 1. The average Bonchev–Trinajstić information content (AvgIpc) is 2.67. The predicted octanol–water partition coefficient (Wildman–Crippen LogP) is 6.03. The highest BCUT2D eigenvalue weighted by molar-refractivity contribution is 6.32. The highest BCUT2D eigenvalue weighted by Crippen LogP contribution is 2.32. The summed E-state index contributed by atoms with van der Waals surface area (Å²) in [5.41, 5.74) is 0.777. The van der Waals surface area contributed by atoms with E-state index in [4.69, 9.17) is 21.1 Å². The normalized spacial score (nSPS) is 11.6. The maximum Gasteiger partial charge on any atom is 0.573 e. The lowest BCUT2D eigenvalue weighted by molar-refractivity contribution is -0.274. The number of methoxy groups -OCH3 is 1.